The van der Waals surface area contributed by atoms with Gasteiger partial charge >= 0.3 is 0 Å². The van der Waals surface area contributed by atoms with Gasteiger partial charge in [0, 0.05) is 12.8 Å². The van der Waals surface area contributed by atoms with Crippen LogP contribution in [0.5, 0.6) is 0 Å². The summed E-state index contributed by atoms with van der Waals surface area (Å²) < 4.78 is 26.4. The molecule has 1 nitrogen and oxygen atoms in total. The highest BCUT2D eigenvalue weighted by Crippen LogP contribution is 2.43. The van der Waals surface area contributed by atoms with E-state index in [2.05, 4.69) is 33.0 Å². The Morgan fingerprint density at radius 3 is 2.41 bits per heavy atom. The van der Waals surface area contributed by atoms with Gasteiger partial charge in [-0.05, 0) is 43.2 Å². The molecule has 0 bridgehead atoms. The van der Waals surface area contributed by atoms with E-state index in [4.69, 9.17) is 0 Å². The Bertz CT molecular complexity index is 233. The molecule has 0 aromatic rings. The predicted molar refractivity (Wildman–Crippen MR) is 68.4 cm³/mol. The Morgan fingerprint density at radius 1 is 1.35 bits per heavy atom. The Morgan fingerprint density at radius 2 is 2.00 bits per heavy atom. The van der Waals surface area contributed by atoms with Gasteiger partial charge in [-0.25, -0.2) is 8.78 Å². The maximum absolute atomic E-state index is 13.2. The van der Waals surface area contributed by atoms with Gasteiger partial charge in [0.25, 0.3) is 0 Å². The average Bonchev–Trinajstić information content (AvgIpc) is 2.51. The van der Waals surface area contributed by atoms with E-state index < -0.39 is 5.92 Å². The predicted octanol–water partition coefficient (Wildman–Crippen LogP) is 4.08. The highest BCUT2D eigenvalue weighted by molar-refractivity contribution is 4.86. The maximum atomic E-state index is 13.2. The highest BCUT2D eigenvalue weighted by atomic mass is 19.3. The summed E-state index contributed by atoms with van der Waals surface area (Å²) in [6.45, 7) is 10.6. The molecule has 1 N–H and O–H groups in total. The van der Waals surface area contributed by atoms with Crippen LogP contribution in [0, 0.1) is 17.3 Å². The lowest BCUT2D eigenvalue weighted by molar-refractivity contribution is 0.00303. The first-order valence-electron chi connectivity index (χ1n) is 6.83. The van der Waals surface area contributed by atoms with E-state index in [0.29, 0.717) is 12.3 Å². The van der Waals surface area contributed by atoms with Crippen molar-refractivity contribution in [3.05, 3.63) is 0 Å². The van der Waals surface area contributed by atoms with E-state index in [-0.39, 0.29) is 24.2 Å². The van der Waals surface area contributed by atoms with Crippen LogP contribution in [-0.4, -0.2) is 19.0 Å². The third kappa shape index (κ3) is 4.90. The molecule has 0 heterocycles. The molecule has 2 unspecified atom stereocenters. The molecule has 0 aromatic carbocycles. The van der Waals surface area contributed by atoms with Crippen LogP contribution in [0.2, 0.25) is 0 Å². The molecule has 0 aliphatic heterocycles. The fourth-order valence-corrected chi connectivity index (χ4v) is 2.71. The van der Waals surface area contributed by atoms with Gasteiger partial charge in [0.05, 0.1) is 0 Å². The number of nitrogens with one attached hydrogen (secondary N) is 1. The SMILES string of the molecule is CCNCC(CC1CCC(F)(F)C1)C(C)(C)C. The third-order valence-corrected chi connectivity index (χ3v) is 3.99. The summed E-state index contributed by atoms with van der Waals surface area (Å²) in [5.74, 6) is -1.69. The molecule has 0 spiro atoms. The van der Waals surface area contributed by atoms with Crippen molar-refractivity contribution in [1.29, 1.82) is 0 Å². The zero-order valence-corrected chi connectivity index (χ0v) is 11.7. The molecule has 0 radical (unpaired) electrons. The lowest BCUT2D eigenvalue weighted by Crippen LogP contribution is -2.33. The van der Waals surface area contributed by atoms with Crippen LogP contribution in [0.3, 0.4) is 0 Å². The van der Waals surface area contributed by atoms with Crippen LogP contribution in [0.4, 0.5) is 8.78 Å². The van der Waals surface area contributed by atoms with E-state index in [0.717, 1.165) is 19.5 Å². The fourth-order valence-electron chi connectivity index (χ4n) is 2.71. The second-order valence-corrected chi connectivity index (χ2v) is 6.57. The van der Waals surface area contributed by atoms with Crippen LogP contribution in [0.15, 0.2) is 0 Å². The average molecular weight is 247 g/mol. The van der Waals surface area contributed by atoms with Crippen LogP contribution in [-0.2, 0) is 0 Å². The minimum absolute atomic E-state index is 0.0930. The minimum Gasteiger partial charge on any atom is -0.317 e. The van der Waals surface area contributed by atoms with Gasteiger partial charge in [-0.2, -0.15) is 0 Å². The molecule has 2 atom stereocenters. The number of alkyl halides is 2. The van der Waals surface area contributed by atoms with E-state index in [9.17, 15) is 8.78 Å². The molecular weight excluding hydrogens is 220 g/mol. The molecule has 17 heavy (non-hydrogen) atoms. The standard InChI is InChI=1S/C14H27F2N/c1-5-17-10-12(13(2,3)4)8-11-6-7-14(15,16)9-11/h11-12,17H,5-10H2,1-4H3. The summed E-state index contributed by atoms with van der Waals surface area (Å²) in [6.07, 6.45) is 1.83. The normalized spacial score (nSPS) is 26.1. The largest absolute Gasteiger partial charge is 0.317 e. The topological polar surface area (TPSA) is 12.0 Å². The smallest absolute Gasteiger partial charge is 0.248 e. The zero-order valence-electron chi connectivity index (χ0n) is 11.7. The Kier molecular flexibility index (Phi) is 4.94. The fraction of sp³-hybridized carbons (Fsp3) is 1.00. The van der Waals surface area contributed by atoms with Crippen LogP contribution in [0.25, 0.3) is 0 Å². The summed E-state index contributed by atoms with van der Waals surface area (Å²) in [6, 6.07) is 0. The second-order valence-electron chi connectivity index (χ2n) is 6.57. The molecule has 1 fully saturated rings. The van der Waals surface area contributed by atoms with Crippen molar-refractivity contribution in [2.45, 2.75) is 59.3 Å². The van der Waals surface area contributed by atoms with Crippen molar-refractivity contribution in [3.63, 3.8) is 0 Å². The minimum atomic E-state index is -2.40. The summed E-state index contributed by atoms with van der Waals surface area (Å²) in [5.41, 5.74) is 0.194. The van der Waals surface area contributed by atoms with Crippen molar-refractivity contribution in [3.8, 4) is 0 Å². The van der Waals surface area contributed by atoms with Crippen LogP contribution in [0.1, 0.15) is 53.4 Å². The van der Waals surface area contributed by atoms with E-state index >= 15 is 0 Å². The van der Waals surface area contributed by atoms with Crippen molar-refractivity contribution >= 4 is 0 Å². The summed E-state index contributed by atoms with van der Waals surface area (Å²) in [4.78, 5) is 0. The summed E-state index contributed by atoms with van der Waals surface area (Å²) in [7, 11) is 0. The summed E-state index contributed by atoms with van der Waals surface area (Å²) >= 11 is 0. The first-order chi connectivity index (χ1) is 7.74. The van der Waals surface area contributed by atoms with E-state index in [1.807, 2.05) is 0 Å². The highest BCUT2D eigenvalue weighted by Gasteiger charge is 2.41. The Labute approximate surface area is 104 Å². The third-order valence-electron chi connectivity index (χ3n) is 3.99. The lowest BCUT2D eigenvalue weighted by Gasteiger charge is -2.33. The molecule has 1 saturated carbocycles. The van der Waals surface area contributed by atoms with Gasteiger partial charge < -0.3 is 5.32 Å². The molecule has 0 amide bonds. The first kappa shape index (κ1) is 14.9. The molecule has 1 rings (SSSR count). The number of rotatable bonds is 5. The maximum Gasteiger partial charge on any atom is 0.248 e. The number of halogens is 2. The van der Waals surface area contributed by atoms with Crippen molar-refractivity contribution in [2.24, 2.45) is 17.3 Å². The molecular formula is C14H27F2N. The van der Waals surface area contributed by atoms with E-state index in [1.165, 1.54) is 0 Å². The number of hydrogen-bond donors (Lipinski definition) is 1. The zero-order chi connectivity index (χ0) is 13.1. The van der Waals surface area contributed by atoms with Crippen LogP contribution >= 0.6 is 0 Å². The van der Waals surface area contributed by atoms with Crippen molar-refractivity contribution in [2.75, 3.05) is 13.1 Å². The molecule has 102 valence electrons. The van der Waals surface area contributed by atoms with Gasteiger partial charge in [-0.3, -0.25) is 0 Å². The lowest BCUT2D eigenvalue weighted by atomic mass is 9.75. The van der Waals surface area contributed by atoms with Crippen molar-refractivity contribution < 1.29 is 8.78 Å². The summed E-state index contributed by atoms with van der Waals surface area (Å²) in [5, 5.41) is 3.36. The Balaban J connectivity index is 2.49. The van der Waals surface area contributed by atoms with Crippen molar-refractivity contribution in [1.82, 2.24) is 5.32 Å². The molecule has 0 aromatic heterocycles. The Hall–Kier alpha value is -0.180. The van der Waals surface area contributed by atoms with Crippen LogP contribution < -0.4 is 5.32 Å². The number of hydrogen-bond acceptors (Lipinski definition) is 1. The first-order valence-corrected chi connectivity index (χ1v) is 6.83. The molecule has 1 aliphatic rings. The van der Waals surface area contributed by atoms with E-state index in [1.54, 1.807) is 0 Å². The molecule has 1 aliphatic carbocycles. The van der Waals surface area contributed by atoms with Gasteiger partial charge in [0.1, 0.15) is 0 Å². The van der Waals surface area contributed by atoms with Gasteiger partial charge in [0.2, 0.25) is 5.92 Å². The van der Waals surface area contributed by atoms with Gasteiger partial charge in [0.15, 0.2) is 0 Å². The molecule has 0 saturated heterocycles. The van der Waals surface area contributed by atoms with Gasteiger partial charge in [-0.1, -0.05) is 27.7 Å². The van der Waals surface area contributed by atoms with Gasteiger partial charge in [-0.15, -0.1) is 0 Å². The quantitative estimate of drug-likeness (QED) is 0.771. The second kappa shape index (κ2) is 5.64. The molecule has 3 heteroatoms. The monoisotopic (exact) mass is 247 g/mol.